The van der Waals surface area contributed by atoms with Crippen LogP contribution >= 0.6 is 0 Å². The summed E-state index contributed by atoms with van der Waals surface area (Å²) < 4.78 is 10.7. The molecule has 1 aliphatic rings. The number of carboxylic acids is 1. The molecule has 0 bridgehead atoms. The van der Waals surface area contributed by atoms with Gasteiger partial charge in [-0.05, 0) is 42.8 Å². The van der Waals surface area contributed by atoms with E-state index in [0.717, 1.165) is 11.8 Å². The van der Waals surface area contributed by atoms with Crippen LogP contribution in [-0.4, -0.2) is 58.1 Å². The van der Waals surface area contributed by atoms with E-state index in [1.54, 1.807) is 24.3 Å². The quantitative estimate of drug-likeness (QED) is 0.268. The second-order valence-corrected chi connectivity index (χ2v) is 7.02. The molecule has 0 saturated heterocycles. The number of rotatable bonds is 6. The number of carbonyl (C=O) groups excluding carboxylic acids is 2. The number of carboxylic acid groups (broad SMARTS) is 1. The predicted molar refractivity (Wildman–Crippen MR) is 121 cm³/mol. The van der Waals surface area contributed by atoms with Crippen molar-refractivity contribution in [1.29, 1.82) is 5.26 Å². The van der Waals surface area contributed by atoms with Crippen molar-refractivity contribution in [3.8, 4) is 23.1 Å². The van der Waals surface area contributed by atoms with Crippen molar-refractivity contribution >= 4 is 29.5 Å². The molecule has 182 valence electrons. The minimum Gasteiger partial charge on any atom is -0.490 e. The molecule has 2 amide bonds. The zero-order valence-corrected chi connectivity index (χ0v) is 19.0. The first-order valence-electron chi connectivity index (χ1n) is 9.97. The number of amides is 2. The van der Waals surface area contributed by atoms with E-state index in [9.17, 15) is 25.0 Å². The largest absolute Gasteiger partial charge is 0.490 e. The molecule has 0 unspecified atom stereocenters. The van der Waals surface area contributed by atoms with Crippen molar-refractivity contribution in [2.45, 2.75) is 13.8 Å². The zero-order chi connectivity index (χ0) is 26.3. The number of aliphatic hydroxyl groups is 1. The lowest BCUT2D eigenvalue weighted by Gasteiger charge is -2.26. The monoisotopic (exact) mass is 483 g/mol. The van der Waals surface area contributed by atoms with Gasteiger partial charge < -0.3 is 19.4 Å². The van der Waals surface area contributed by atoms with Gasteiger partial charge in [0, 0.05) is 24.1 Å². The summed E-state index contributed by atoms with van der Waals surface area (Å²) in [4.78, 5) is 45.5. The van der Waals surface area contributed by atoms with E-state index >= 15 is 0 Å². The Labute approximate surface area is 199 Å². The fourth-order valence-electron chi connectivity index (χ4n) is 3.15. The fraction of sp³-hybridized carbons (Fsp3) is 0.217. The highest BCUT2D eigenvalue weighted by atomic mass is 16.6. The van der Waals surface area contributed by atoms with Gasteiger partial charge in [-0.15, -0.1) is 0 Å². The predicted octanol–water partition coefficient (Wildman–Crippen LogP) is 2.54. The average molecular weight is 483 g/mol. The van der Waals surface area contributed by atoms with Crippen LogP contribution < -0.4 is 4.74 Å². The van der Waals surface area contributed by atoms with Gasteiger partial charge in [-0.25, -0.2) is 0 Å². The Kier molecular flexibility index (Phi) is 8.62. The maximum absolute atomic E-state index is 12.7. The number of aliphatic carboxylic acids is 1. The molecule has 0 fully saturated rings. The number of imide groups is 1. The molecule has 1 aromatic carbocycles. The molecule has 0 radical (unpaired) electrons. The number of hydrogen-bond donors (Lipinski definition) is 2. The normalized spacial score (nSPS) is 14.4. The lowest BCUT2D eigenvalue weighted by Crippen LogP contribution is -2.44. The molecular weight excluding hydrogens is 462 g/mol. The second-order valence-electron chi connectivity index (χ2n) is 7.02. The summed E-state index contributed by atoms with van der Waals surface area (Å²) in [5, 5.41) is 37.1. The molecule has 3 rings (SSSR count). The summed E-state index contributed by atoms with van der Waals surface area (Å²) in [5.74, 6) is -1.60. The van der Waals surface area contributed by atoms with E-state index in [1.165, 1.54) is 32.2 Å². The van der Waals surface area contributed by atoms with Gasteiger partial charge in [0.25, 0.3) is 17.8 Å². The van der Waals surface area contributed by atoms with Gasteiger partial charge in [-0.2, -0.15) is 5.26 Å². The number of β-amino-alcohol motifs (C(OH)–C–C–N with tert-alkyl or cyclic N) is 1. The van der Waals surface area contributed by atoms with Gasteiger partial charge >= 0.3 is 5.69 Å². The van der Waals surface area contributed by atoms with Gasteiger partial charge in [-0.3, -0.25) is 29.4 Å². The van der Waals surface area contributed by atoms with Crippen molar-refractivity contribution in [3.05, 3.63) is 62.9 Å². The Morgan fingerprint density at radius 2 is 1.94 bits per heavy atom. The zero-order valence-electron chi connectivity index (χ0n) is 19.0. The molecule has 1 aliphatic heterocycles. The third-order valence-electron chi connectivity index (χ3n) is 4.72. The van der Waals surface area contributed by atoms with Crippen LogP contribution in [0, 0.1) is 21.4 Å². The molecular formula is C23H21N3O9. The third kappa shape index (κ3) is 5.98. The van der Waals surface area contributed by atoms with E-state index in [1.807, 2.05) is 0 Å². The highest BCUT2D eigenvalue weighted by molar-refractivity contribution is 6.19. The van der Waals surface area contributed by atoms with Crippen LogP contribution in [0.2, 0.25) is 0 Å². The number of ether oxygens (including phenoxy) is 1. The molecule has 0 atom stereocenters. The van der Waals surface area contributed by atoms with Gasteiger partial charge in [-0.1, -0.05) is 0 Å². The standard InChI is InChI=1S/C21H17N3O7.C2H4O2/c1-12-15(20(26)23(7-8-25)21(27)16(12)11-22)10-14-4-6-18(31-14)13-3-5-19(30-2)17(9-13)24(28)29;1-2(3)4/h3-6,9-10,25H,7-8H2,1-2H3;1H3,(H,3,4)/b15-10+;. The van der Waals surface area contributed by atoms with E-state index in [0.29, 0.717) is 11.3 Å². The van der Waals surface area contributed by atoms with Gasteiger partial charge in [0.2, 0.25) is 0 Å². The fourth-order valence-corrected chi connectivity index (χ4v) is 3.15. The maximum atomic E-state index is 12.7. The molecule has 0 saturated carbocycles. The average Bonchev–Trinajstić information content (AvgIpc) is 3.28. The maximum Gasteiger partial charge on any atom is 0.311 e. The van der Waals surface area contributed by atoms with Crippen LogP contribution in [0.1, 0.15) is 19.6 Å². The Morgan fingerprint density at radius 1 is 1.29 bits per heavy atom. The number of aliphatic hydroxyl groups excluding tert-OH is 1. The van der Waals surface area contributed by atoms with Crippen molar-refractivity contribution in [2.24, 2.45) is 0 Å². The van der Waals surface area contributed by atoms with Gasteiger partial charge in [0.15, 0.2) is 5.75 Å². The Hall–Kier alpha value is -4.76. The number of furan rings is 1. The van der Waals surface area contributed by atoms with Crippen LogP contribution in [0.5, 0.6) is 5.75 Å². The highest BCUT2D eigenvalue weighted by Gasteiger charge is 2.35. The van der Waals surface area contributed by atoms with Crippen LogP contribution in [0.3, 0.4) is 0 Å². The number of nitriles is 1. The summed E-state index contributed by atoms with van der Waals surface area (Å²) in [6.45, 7) is 1.88. The highest BCUT2D eigenvalue weighted by Crippen LogP contribution is 2.34. The van der Waals surface area contributed by atoms with Crippen LogP contribution in [-0.2, 0) is 14.4 Å². The van der Waals surface area contributed by atoms with E-state index in [2.05, 4.69) is 0 Å². The Bertz CT molecular complexity index is 1280. The minimum absolute atomic E-state index is 0.0752. The topological polar surface area (TPSA) is 184 Å². The molecule has 0 spiro atoms. The summed E-state index contributed by atoms with van der Waals surface area (Å²) >= 11 is 0. The first kappa shape index (κ1) is 26.5. The SMILES string of the molecule is CC(=O)O.COc1ccc(-c2ccc(/C=C3/C(=O)N(CCO)C(=O)C(C#N)=C3C)o2)cc1[N+](=O)[O-]. The first-order valence-corrected chi connectivity index (χ1v) is 9.97. The van der Waals surface area contributed by atoms with Gasteiger partial charge in [0.05, 0.1) is 25.2 Å². The van der Waals surface area contributed by atoms with Crippen molar-refractivity contribution in [1.82, 2.24) is 4.90 Å². The molecule has 2 heterocycles. The van der Waals surface area contributed by atoms with E-state index in [4.69, 9.17) is 24.2 Å². The number of nitrogens with zero attached hydrogens (tertiary/aromatic N) is 3. The van der Waals surface area contributed by atoms with E-state index in [-0.39, 0.29) is 40.5 Å². The minimum atomic E-state index is -0.833. The number of nitro benzene ring substituents is 1. The summed E-state index contributed by atoms with van der Waals surface area (Å²) in [7, 11) is 1.33. The Morgan fingerprint density at radius 3 is 2.49 bits per heavy atom. The molecule has 12 heteroatoms. The van der Waals surface area contributed by atoms with Crippen molar-refractivity contribution in [3.63, 3.8) is 0 Å². The second kappa shape index (κ2) is 11.4. The number of carbonyl (C=O) groups is 3. The van der Waals surface area contributed by atoms with Crippen LogP contribution in [0.4, 0.5) is 5.69 Å². The number of methoxy groups -OCH3 is 1. The van der Waals surface area contributed by atoms with Crippen LogP contribution in [0.15, 0.2) is 51.5 Å². The molecule has 2 aromatic rings. The Balaban J connectivity index is 0.00000100. The van der Waals surface area contributed by atoms with Gasteiger partial charge in [0.1, 0.15) is 23.2 Å². The third-order valence-corrected chi connectivity index (χ3v) is 4.72. The molecule has 1 aromatic heterocycles. The lowest BCUT2D eigenvalue weighted by atomic mass is 9.95. The molecule has 0 aliphatic carbocycles. The summed E-state index contributed by atoms with van der Waals surface area (Å²) in [5.41, 5.74) is 0.274. The number of hydrogen-bond acceptors (Lipinski definition) is 9. The lowest BCUT2D eigenvalue weighted by molar-refractivity contribution is -0.385. The van der Waals surface area contributed by atoms with Crippen LogP contribution in [0.25, 0.3) is 17.4 Å². The molecule has 12 nitrogen and oxygen atoms in total. The number of nitro groups is 1. The smallest absolute Gasteiger partial charge is 0.311 e. The summed E-state index contributed by atoms with van der Waals surface area (Å²) in [6, 6.07) is 9.27. The van der Waals surface area contributed by atoms with Crippen molar-refractivity contribution in [2.75, 3.05) is 20.3 Å². The van der Waals surface area contributed by atoms with Crippen molar-refractivity contribution < 1.29 is 38.7 Å². The van der Waals surface area contributed by atoms with E-state index < -0.39 is 29.3 Å². The molecule has 2 N–H and O–H groups in total. The molecule has 35 heavy (non-hydrogen) atoms. The number of benzene rings is 1. The summed E-state index contributed by atoms with van der Waals surface area (Å²) in [6.07, 6.45) is 1.38. The first-order chi connectivity index (χ1) is 16.5.